The summed E-state index contributed by atoms with van der Waals surface area (Å²) in [4.78, 5) is 34.2. The van der Waals surface area contributed by atoms with Gasteiger partial charge in [-0.15, -0.1) is 0 Å². The van der Waals surface area contributed by atoms with Crippen LogP contribution in [0.1, 0.15) is 29.3 Å². The Hall–Kier alpha value is -3.03. The average molecular weight is 352 g/mol. The monoisotopic (exact) mass is 352 g/mol. The number of rotatable bonds is 4. The van der Waals surface area contributed by atoms with Gasteiger partial charge in [0.05, 0.1) is 18.1 Å². The zero-order valence-electron chi connectivity index (χ0n) is 13.3. The molecule has 1 aromatic rings. The molecular weight excluding hydrogens is 338 g/mol. The zero-order chi connectivity index (χ0) is 18.9. The van der Waals surface area contributed by atoms with Gasteiger partial charge in [0.15, 0.2) is 0 Å². The maximum Gasteiger partial charge on any atom is 0.340 e. The molecule has 0 bridgehead atoms. The minimum absolute atomic E-state index is 0.154. The van der Waals surface area contributed by atoms with E-state index < -0.39 is 46.9 Å². The quantitative estimate of drug-likeness (QED) is 0.808. The summed E-state index contributed by atoms with van der Waals surface area (Å²) in [5, 5.41) is 18.6. The number of ether oxygens (including phenoxy) is 1. The van der Waals surface area contributed by atoms with Crippen LogP contribution in [0, 0.1) is 17.0 Å². The minimum Gasteiger partial charge on any atom is -0.481 e. The van der Waals surface area contributed by atoms with Crippen LogP contribution in [-0.4, -0.2) is 35.2 Å². The van der Waals surface area contributed by atoms with Crippen LogP contribution in [0.15, 0.2) is 29.9 Å². The predicted octanol–water partition coefficient (Wildman–Crippen LogP) is 2.64. The fraction of sp³-hybridized carbons (Fsp3) is 0.235. The second-order valence-corrected chi connectivity index (χ2v) is 5.73. The van der Waals surface area contributed by atoms with Crippen molar-refractivity contribution >= 4 is 23.5 Å². The number of halogens is 2. The molecule has 1 unspecified atom stereocenters. The predicted molar refractivity (Wildman–Crippen MR) is 81.8 cm³/mol. The molecule has 6 nitrogen and oxygen atoms in total. The summed E-state index contributed by atoms with van der Waals surface area (Å²) in [5.41, 5.74) is -3.00. The molecule has 2 rings (SSSR count). The van der Waals surface area contributed by atoms with Crippen molar-refractivity contribution in [1.82, 2.24) is 0 Å². The standard InChI is InChI=1S/C17H14F2O6/c1-17(16(23)24)4-3-8(11(7-17)14(20)21)9-5-13(19)10(6-12(9)18)15(22)25-2/h3-6H,7H2,1-2H3,(H,20,21)(H,23,24). The van der Waals surface area contributed by atoms with E-state index in [9.17, 15) is 33.4 Å². The lowest BCUT2D eigenvalue weighted by Crippen LogP contribution is -2.29. The first kappa shape index (κ1) is 18.3. The molecule has 0 aliphatic heterocycles. The first-order valence-electron chi connectivity index (χ1n) is 7.07. The average Bonchev–Trinajstić information content (AvgIpc) is 2.55. The minimum atomic E-state index is -1.47. The summed E-state index contributed by atoms with van der Waals surface area (Å²) < 4.78 is 32.8. The van der Waals surface area contributed by atoms with Crippen molar-refractivity contribution in [3.63, 3.8) is 0 Å². The highest BCUT2D eigenvalue weighted by Crippen LogP contribution is 2.39. The van der Waals surface area contributed by atoms with E-state index in [4.69, 9.17) is 0 Å². The van der Waals surface area contributed by atoms with Gasteiger partial charge in [-0.3, -0.25) is 4.79 Å². The van der Waals surface area contributed by atoms with E-state index in [1.807, 2.05) is 0 Å². The zero-order valence-corrected chi connectivity index (χ0v) is 13.3. The number of aliphatic carboxylic acids is 2. The molecule has 1 atom stereocenters. The molecule has 0 fully saturated rings. The van der Waals surface area contributed by atoms with Crippen LogP contribution < -0.4 is 0 Å². The summed E-state index contributed by atoms with van der Waals surface area (Å²) in [7, 11) is 1.01. The summed E-state index contributed by atoms with van der Waals surface area (Å²) in [5.74, 6) is -5.87. The molecule has 132 valence electrons. The van der Waals surface area contributed by atoms with Gasteiger partial charge in [0.2, 0.25) is 0 Å². The molecule has 0 aromatic heterocycles. The summed E-state index contributed by atoms with van der Waals surface area (Å²) in [6.07, 6.45) is 1.96. The number of esters is 1. The van der Waals surface area contributed by atoms with Gasteiger partial charge in [-0.05, 0) is 31.1 Å². The Labute approximate surface area is 141 Å². The number of carbonyl (C=O) groups excluding carboxylic acids is 1. The Kier molecular flexibility index (Phi) is 4.73. The normalized spacial score (nSPS) is 19.7. The van der Waals surface area contributed by atoms with E-state index in [0.717, 1.165) is 13.2 Å². The van der Waals surface area contributed by atoms with E-state index in [1.54, 1.807) is 0 Å². The highest BCUT2D eigenvalue weighted by atomic mass is 19.1. The van der Waals surface area contributed by atoms with Gasteiger partial charge < -0.3 is 14.9 Å². The van der Waals surface area contributed by atoms with Gasteiger partial charge in [-0.1, -0.05) is 12.2 Å². The summed E-state index contributed by atoms with van der Waals surface area (Å²) in [6, 6.07) is 1.30. The Morgan fingerprint density at radius 2 is 1.80 bits per heavy atom. The maximum absolute atomic E-state index is 14.3. The fourth-order valence-corrected chi connectivity index (χ4v) is 2.50. The van der Waals surface area contributed by atoms with Crippen LogP contribution in [0.25, 0.3) is 5.57 Å². The highest BCUT2D eigenvalue weighted by Gasteiger charge is 2.37. The van der Waals surface area contributed by atoms with Gasteiger partial charge in [0.25, 0.3) is 0 Å². The number of hydrogen-bond acceptors (Lipinski definition) is 4. The van der Waals surface area contributed by atoms with E-state index in [1.165, 1.54) is 13.0 Å². The number of methoxy groups -OCH3 is 1. The van der Waals surface area contributed by atoms with Gasteiger partial charge in [-0.25, -0.2) is 18.4 Å². The lowest BCUT2D eigenvalue weighted by molar-refractivity contribution is -0.145. The number of carboxylic acids is 2. The molecule has 0 amide bonds. The Morgan fingerprint density at radius 3 is 2.32 bits per heavy atom. The van der Waals surface area contributed by atoms with Crippen molar-refractivity contribution in [3.05, 3.63) is 52.6 Å². The summed E-state index contributed by atoms with van der Waals surface area (Å²) >= 11 is 0. The third kappa shape index (κ3) is 3.28. The number of hydrogen-bond donors (Lipinski definition) is 2. The Morgan fingerprint density at radius 1 is 1.16 bits per heavy atom. The van der Waals surface area contributed by atoms with Crippen molar-refractivity contribution in [2.45, 2.75) is 13.3 Å². The molecule has 0 spiro atoms. The van der Waals surface area contributed by atoms with E-state index in [2.05, 4.69) is 4.74 Å². The van der Waals surface area contributed by atoms with E-state index >= 15 is 0 Å². The molecular formula is C17H14F2O6. The second-order valence-electron chi connectivity index (χ2n) is 5.73. The topological polar surface area (TPSA) is 101 Å². The van der Waals surface area contributed by atoms with Crippen LogP contribution in [-0.2, 0) is 14.3 Å². The largest absolute Gasteiger partial charge is 0.481 e. The molecule has 8 heteroatoms. The fourth-order valence-electron chi connectivity index (χ4n) is 2.50. The van der Waals surface area contributed by atoms with Crippen LogP contribution >= 0.6 is 0 Å². The second kappa shape index (κ2) is 6.46. The van der Waals surface area contributed by atoms with Crippen LogP contribution in [0.2, 0.25) is 0 Å². The van der Waals surface area contributed by atoms with Crippen molar-refractivity contribution in [3.8, 4) is 0 Å². The van der Waals surface area contributed by atoms with Crippen LogP contribution in [0.4, 0.5) is 8.78 Å². The van der Waals surface area contributed by atoms with Crippen molar-refractivity contribution in [1.29, 1.82) is 0 Å². The molecule has 0 saturated heterocycles. The summed E-state index contributed by atoms with van der Waals surface area (Å²) in [6.45, 7) is 1.32. The first-order valence-corrected chi connectivity index (χ1v) is 7.07. The highest BCUT2D eigenvalue weighted by molar-refractivity contribution is 6.02. The maximum atomic E-state index is 14.3. The van der Waals surface area contributed by atoms with E-state index in [0.29, 0.717) is 12.1 Å². The molecule has 2 N–H and O–H groups in total. The van der Waals surface area contributed by atoms with Crippen molar-refractivity contribution in [2.24, 2.45) is 5.41 Å². The SMILES string of the molecule is COC(=O)c1cc(F)c(C2=C(C(=O)O)CC(C)(C(=O)O)C=C2)cc1F. The lowest BCUT2D eigenvalue weighted by atomic mass is 9.76. The van der Waals surface area contributed by atoms with Crippen LogP contribution in [0.3, 0.4) is 0 Å². The van der Waals surface area contributed by atoms with Crippen molar-refractivity contribution < 1.29 is 38.1 Å². The third-order valence-corrected chi connectivity index (χ3v) is 3.99. The van der Waals surface area contributed by atoms with Gasteiger partial charge in [-0.2, -0.15) is 0 Å². The smallest absolute Gasteiger partial charge is 0.340 e. The van der Waals surface area contributed by atoms with Gasteiger partial charge in [0.1, 0.15) is 11.6 Å². The molecule has 1 aliphatic carbocycles. The molecule has 0 heterocycles. The molecule has 0 saturated carbocycles. The van der Waals surface area contributed by atoms with Gasteiger partial charge >= 0.3 is 17.9 Å². The molecule has 1 aromatic carbocycles. The van der Waals surface area contributed by atoms with Gasteiger partial charge in [0, 0.05) is 11.1 Å². The van der Waals surface area contributed by atoms with Crippen LogP contribution in [0.5, 0.6) is 0 Å². The van der Waals surface area contributed by atoms with E-state index in [-0.39, 0.29) is 16.7 Å². The molecule has 25 heavy (non-hydrogen) atoms. The first-order chi connectivity index (χ1) is 11.6. The van der Waals surface area contributed by atoms with Crippen molar-refractivity contribution in [2.75, 3.05) is 7.11 Å². The number of allylic oxidation sites excluding steroid dienone is 2. The molecule has 0 radical (unpaired) electrons. The number of carbonyl (C=O) groups is 3. The lowest BCUT2D eigenvalue weighted by Gasteiger charge is -2.26. The number of carboxylic acid groups (broad SMARTS) is 2. The Balaban J connectivity index is 2.62. The molecule has 1 aliphatic rings. The third-order valence-electron chi connectivity index (χ3n) is 3.99. The number of benzene rings is 1. The Bertz CT molecular complexity index is 840.